The first-order chi connectivity index (χ1) is 14.0. The zero-order valence-electron chi connectivity index (χ0n) is 16.5. The van der Waals surface area contributed by atoms with Gasteiger partial charge in [-0.1, -0.05) is 12.1 Å². The minimum Gasteiger partial charge on any atom is -0.468 e. The van der Waals surface area contributed by atoms with Crippen molar-refractivity contribution in [1.82, 2.24) is 14.5 Å². The van der Waals surface area contributed by atoms with Crippen molar-refractivity contribution in [2.75, 3.05) is 46.4 Å². The van der Waals surface area contributed by atoms with Crippen molar-refractivity contribution in [2.45, 2.75) is 12.3 Å². The fourth-order valence-electron chi connectivity index (χ4n) is 3.17. The van der Waals surface area contributed by atoms with E-state index in [2.05, 4.69) is 10.2 Å². The number of hydrogen-bond donors (Lipinski definition) is 1. The van der Waals surface area contributed by atoms with Crippen LogP contribution in [-0.4, -0.2) is 70.0 Å². The molecule has 0 radical (unpaired) electrons. The molecule has 0 atom stereocenters. The SMILES string of the molecule is CNC(=O)c1ccc(CS(=O)(=O)N(CCN2CCOCC2)Cc2ccco2)cc1. The number of carbonyl (C=O) groups excluding carboxylic acids is 1. The van der Waals surface area contributed by atoms with Gasteiger partial charge in [0, 0.05) is 38.8 Å². The molecule has 1 amide bonds. The normalized spacial score (nSPS) is 15.5. The van der Waals surface area contributed by atoms with Crippen molar-refractivity contribution in [3.05, 3.63) is 59.5 Å². The van der Waals surface area contributed by atoms with Gasteiger partial charge in [-0.25, -0.2) is 8.42 Å². The van der Waals surface area contributed by atoms with Crippen molar-refractivity contribution in [2.24, 2.45) is 0 Å². The number of rotatable bonds is 9. The van der Waals surface area contributed by atoms with Crippen LogP contribution in [-0.2, 0) is 27.1 Å². The van der Waals surface area contributed by atoms with E-state index < -0.39 is 10.0 Å². The topological polar surface area (TPSA) is 92.1 Å². The Morgan fingerprint density at radius 2 is 1.90 bits per heavy atom. The van der Waals surface area contributed by atoms with Crippen molar-refractivity contribution in [3.8, 4) is 0 Å². The maximum absolute atomic E-state index is 13.1. The molecule has 0 bridgehead atoms. The molecule has 1 N–H and O–H groups in total. The van der Waals surface area contributed by atoms with E-state index in [0.29, 0.717) is 43.2 Å². The van der Waals surface area contributed by atoms with Gasteiger partial charge in [0.15, 0.2) is 0 Å². The van der Waals surface area contributed by atoms with Gasteiger partial charge in [-0.3, -0.25) is 9.69 Å². The lowest BCUT2D eigenvalue weighted by molar-refractivity contribution is 0.0360. The van der Waals surface area contributed by atoms with Gasteiger partial charge in [-0.2, -0.15) is 4.31 Å². The minimum atomic E-state index is -3.58. The van der Waals surface area contributed by atoms with Crippen LogP contribution in [0.3, 0.4) is 0 Å². The van der Waals surface area contributed by atoms with Gasteiger partial charge in [0.1, 0.15) is 5.76 Å². The van der Waals surface area contributed by atoms with E-state index >= 15 is 0 Å². The van der Waals surface area contributed by atoms with Crippen LogP contribution < -0.4 is 5.32 Å². The summed E-state index contributed by atoms with van der Waals surface area (Å²) in [5.74, 6) is 0.264. The Morgan fingerprint density at radius 3 is 2.52 bits per heavy atom. The second kappa shape index (κ2) is 10.0. The molecule has 1 aliphatic rings. The number of sulfonamides is 1. The van der Waals surface area contributed by atoms with Crippen LogP contribution in [0.5, 0.6) is 0 Å². The molecule has 1 aromatic heterocycles. The molecule has 29 heavy (non-hydrogen) atoms. The summed E-state index contributed by atoms with van der Waals surface area (Å²) in [6, 6.07) is 10.1. The van der Waals surface area contributed by atoms with Gasteiger partial charge >= 0.3 is 0 Å². The van der Waals surface area contributed by atoms with Crippen LogP contribution in [0.2, 0.25) is 0 Å². The number of furan rings is 1. The predicted molar refractivity (Wildman–Crippen MR) is 109 cm³/mol. The molecule has 1 aromatic carbocycles. The predicted octanol–water partition coefficient (Wildman–Crippen LogP) is 1.30. The molecule has 8 nitrogen and oxygen atoms in total. The number of carbonyl (C=O) groups is 1. The van der Waals surface area contributed by atoms with Gasteiger partial charge in [-0.05, 0) is 29.8 Å². The maximum Gasteiger partial charge on any atom is 0.251 e. The molecule has 1 fully saturated rings. The molecule has 0 unspecified atom stereocenters. The van der Waals surface area contributed by atoms with Gasteiger partial charge in [-0.15, -0.1) is 0 Å². The highest BCUT2D eigenvalue weighted by atomic mass is 32.2. The van der Waals surface area contributed by atoms with Crippen molar-refractivity contribution >= 4 is 15.9 Å². The molecular formula is C20H27N3O5S. The van der Waals surface area contributed by atoms with Crippen LogP contribution in [0.4, 0.5) is 0 Å². The standard InChI is InChI=1S/C20H27N3O5S/c1-21-20(24)18-6-4-17(5-7-18)16-29(25,26)23(15-19-3-2-12-28-19)9-8-22-10-13-27-14-11-22/h2-7,12H,8-11,13-16H2,1H3,(H,21,24). The average Bonchev–Trinajstić information content (AvgIpc) is 3.24. The van der Waals surface area contributed by atoms with Gasteiger partial charge in [0.05, 0.1) is 31.8 Å². The summed E-state index contributed by atoms with van der Waals surface area (Å²) in [4.78, 5) is 13.9. The third-order valence-corrected chi connectivity index (χ3v) is 6.66. The highest BCUT2D eigenvalue weighted by Gasteiger charge is 2.25. The Balaban J connectivity index is 1.70. The summed E-state index contributed by atoms with van der Waals surface area (Å²) in [7, 11) is -2.02. The van der Waals surface area contributed by atoms with Crippen LogP contribution in [0.25, 0.3) is 0 Å². The Hall–Kier alpha value is -2.20. The molecule has 3 rings (SSSR count). The Labute approximate surface area is 171 Å². The van der Waals surface area contributed by atoms with Crippen LogP contribution in [0.15, 0.2) is 47.1 Å². The second-order valence-corrected chi connectivity index (χ2v) is 8.87. The second-order valence-electron chi connectivity index (χ2n) is 6.90. The lowest BCUT2D eigenvalue weighted by atomic mass is 10.1. The zero-order chi connectivity index (χ0) is 20.7. The van der Waals surface area contributed by atoms with E-state index in [4.69, 9.17) is 9.15 Å². The Bertz CT molecular complexity index is 875. The summed E-state index contributed by atoms with van der Waals surface area (Å²) in [5.41, 5.74) is 1.13. The van der Waals surface area contributed by atoms with Gasteiger partial charge < -0.3 is 14.5 Å². The number of morpholine rings is 1. The molecule has 158 valence electrons. The molecule has 2 aromatic rings. The summed E-state index contributed by atoms with van der Waals surface area (Å²) < 4.78 is 38.5. The highest BCUT2D eigenvalue weighted by molar-refractivity contribution is 7.88. The molecule has 1 saturated heterocycles. The monoisotopic (exact) mass is 421 g/mol. The highest BCUT2D eigenvalue weighted by Crippen LogP contribution is 2.16. The Kier molecular flexibility index (Phi) is 7.43. The number of benzene rings is 1. The third-order valence-electron chi connectivity index (χ3n) is 4.87. The van der Waals surface area contributed by atoms with Crippen molar-refractivity contribution in [3.63, 3.8) is 0 Å². The van der Waals surface area contributed by atoms with E-state index in [9.17, 15) is 13.2 Å². The molecule has 0 aliphatic carbocycles. The molecule has 1 aliphatic heterocycles. The number of nitrogens with one attached hydrogen (secondary N) is 1. The lowest BCUT2D eigenvalue weighted by Gasteiger charge is -2.29. The molecular weight excluding hydrogens is 394 g/mol. The molecule has 0 spiro atoms. The van der Waals surface area contributed by atoms with Gasteiger partial charge in [0.25, 0.3) is 5.91 Å². The lowest BCUT2D eigenvalue weighted by Crippen LogP contribution is -2.43. The first kappa shape index (κ1) is 21.5. The smallest absolute Gasteiger partial charge is 0.251 e. The fraction of sp³-hybridized carbons (Fsp3) is 0.450. The number of amides is 1. The summed E-state index contributed by atoms with van der Waals surface area (Å²) in [5, 5.41) is 2.55. The van der Waals surface area contributed by atoms with E-state index in [-0.39, 0.29) is 18.2 Å². The van der Waals surface area contributed by atoms with Crippen molar-refractivity contribution in [1.29, 1.82) is 0 Å². The number of nitrogens with zero attached hydrogens (tertiary/aromatic N) is 2. The number of hydrogen-bond acceptors (Lipinski definition) is 6. The van der Waals surface area contributed by atoms with E-state index in [1.165, 1.54) is 4.31 Å². The number of ether oxygens (including phenoxy) is 1. The first-order valence-electron chi connectivity index (χ1n) is 9.59. The van der Waals surface area contributed by atoms with E-state index in [1.54, 1.807) is 49.7 Å². The average molecular weight is 422 g/mol. The quantitative estimate of drug-likeness (QED) is 0.656. The zero-order valence-corrected chi connectivity index (χ0v) is 17.4. The van der Waals surface area contributed by atoms with E-state index in [0.717, 1.165) is 13.1 Å². The third kappa shape index (κ3) is 6.14. The molecule has 0 saturated carbocycles. The van der Waals surface area contributed by atoms with Gasteiger partial charge in [0.2, 0.25) is 10.0 Å². The Morgan fingerprint density at radius 1 is 1.17 bits per heavy atom. The summed E-state index contributed by atoms with van der Waals surface area (Å²) >= 11 is 0. The maximum atomic E-state index is 13.1. The summed E-state index contributed by atoms with van der Waals surface area (Å²) in [6.45, 7) is 4.14. The first-order valence-corrected chi connectivity index (χ1v) is 11.2. The van der Waals surface area contributed by atoms with Crippen LogP contribution in [0.1, 0.15) is 21.7 Å². The minimum absolute atomic E-state index is 0.134. The van der Waals surface area contributed by atoms with Crippen LogP contribution in [0, 0.1) is 0 Å². The summed E-state index contributed by atoms with van der Waals surface area (Å²) in [6.07, 6.45) is 1.54. The largest absolute Gasteiger partial charge is 0.468 e. The molecule has 2 heterocycles. The van der Waals surface area contributed by atoms with Crippen LogP contribution >= 0.6 is 0 Å². The van der Waals surface area contributed by atoms with Crippen molar-refractivity contribution < 1.29 is 22.4 Å². The van der Waals surface area contributed by atoms with E-state index in [1.807, 2.05) is 0 Å². The molecule has 9 heteroatoms. The fourth-order valence-corrected chi connectivity index (χ4v) is 4.65.